The molecule has 1 aliphatic heterocycles. The Labute approximate surface area is 134 Å². The summed E-state index contributed by atoms with van der Waals surface area (Å²) >= 11 is 8.46. The lowest BCUT2D eigenvalue weighted by Crippen LogP contribution is -2.42. The van der Waals surface area contributed by atoms with Crippen LogP contribution in [0.4, 0.5) is 5.13 Å². The molecule has 0 saturated carbocycles. The molecule has 1 saturated heterocycles. The van der Waals surface area contributed by atoms with Gasteiger partial charge in [0.2, 0.25) is 5.91 Å². The molecule has 0 radical (unpaired) electrons. The molecule has 0 bridgehead atoms. The van der Waals surface area contributed by atoms with Crippen LogP contribution in [0.2, 0.25) is 4.34 Å². The summed E-state index contributed by atoms with van der Waals surface area (Å²) in [5.41, 5.74) is 0. The van der Waals surface area contributed by atoms with Gasteiger partial charge in [-0.15, -0.1) is 22.7 Å². The highest BCUT2D eigenvalue weighted by Crippen LogP contribution is 2.27. The minimum absolute atomic E-state index is 0.135. The molecular weight excluding hydrogens is 330 g/mol. The Kier molecular flexibility index (Phi) is 4.23. The first-order valence-electron chi connectivity index (χ1n) is 6.42. The third-order valence-electron chi connectivity index (χ3n) is 3.26. The maximum atomic E-state index is 12.5. The second kappa shape index (κ2) is 6.13. The molecule has 3 heterocycles. The van der Waals surface area contributed by atoms with E-state index in [4.69, 9.17) is 11.6 Å². The van der Waals surface area contributed by atoms with Gasteiger partial charge in [0.1, 0.15) is 6.04 Å². The molecule has 0 aliphatic carbocycles. The van der Waals surface area contributed by atoms with Crippen molar-refractivity contribution in [1.82, 2.24) is 9.88 Å². The summed E-state index contributed by atoms with van der Waals surface area (Å²) in [4.78, 5) is 31.0. The maximum absolute atomic E-state index is 12.5. The van der Waals surface area contributed by atoms with E-state index in [9.17, 15) is 9.59 Å². The Balaban J connectivity index is 1.73. The normalized spacial score (nSPS) is 18.0. The number of carbonyl (C=O) groups excluding carboxylic acids is 2. The van der Waals surface area contributed by atoms with Gasteiger partial charge in [0, 0.05) is 18.1 Å². The molecule has 3 rings (SSSR count). The lowest BCUT2D eigenvalue weighted by atomic mass is 10.2. The van der Waals surface area contributed by atoms with Crippen LogP contribution >= 0.6 is 34.3 Å². The van der Waals surface area contributed by atoms with Crippen molar-refractivity contribution >= 4 is 51.2 Å². The van der Waals surface area contributed by atoms with Crippen LogP contribution in [-0.4, -0.2) is 34.3 Å². The van der Waals surface area contributed by atoms with E-state index in [-0.39, 0.29) is 11.8 Å². The zero-order valence-corrected chi connectivity index (χ0v) is 13.3. The van der Waals surface area contributed by atoms with Crippen LogP contribution in [0.3, 0.4) is 0 Å². The zero-order chi connectivity index (χ0) is 14.8. The number of anilines is 1. The number of aromatic nitrogens is 1. The van der Waals surface area contributed by atoms with Gasteiger partial charge in [-0.05, 0) is 25.0 Å². The highest BCUT2D eigenvalue weighted by atomic mass is 35.5. The molecule has 110 valence electrons. The number of halogens is 1. The zero-order valence-electron chi connectivity index (χ0n) is 10.9. The van der Waals surface area contributed by atoms with E-state index in [1.807, 2.05) is 0 Å². The number of hydrogen-bond donors (Lipinski definition) is 1. The van der Waals surface area contributed by atoms with Crippen LogP contribution in [0.15, 0.2) is 23.7 Å². The Morgan fingerprint density at radius 3 is 2.95 bits per heavy atom. The van der Waals surface area contributed by atoms with Crippen LogP contribution in [-0.2, 0) is 4.79 Å². The Hall–Kier alpha value is -1.44. The van der Waals surface area contributed by atoms with Crippen molar-refractivity contribution < 1.29 is 9.59 Å². The number of likely N-dealkylation sites (tertiary alicyclic amines) is 1. The van der Waals surface area contributed by atoms with E-state index in [1.165, 1.54) is 22.7 Å². The number of carbonyl (C=O) groups is 2. The molecule has 5 nitrogen and oxygen atoms in total. The van der Waals surface area contributed by atoms with Crippen LogP contribution in [0, 0.1) is 0 Å². The summed E-state index contributed by atoms with van der Waals surface area (Å²) in [6.45, 7) is 0.588. The second-order valence-electron chi connectivity index (χ2n) is 4.59. The van der Waals surface area contributed by atoms with E-state index in [1.54, 1.807) is 28.6 Å². The minimum atomic E-state index is -0.442. The first-order valence-corrected chi connectivity index (χ1v) is 8.49. The highest BCUT2D eigenvalue weighted by molar-refractivity contribution is 7.18. The molecule has 1 unspecified atom stereocenters. The maximum Gasteiger partial charge on any atom is 0.264 e. The lowest BCUT2D eigenvalue weighted by molar-refractivity contribution is -0.119. The molecule has 0 spiro atoms. The van der Waals surface area contributed by atoms with Gasteiger partial charge in [0.05, 0.1) is 9.21 Å². The molecule has 2 aromatic rings. The van der Waals surface area contributed by atoms with Gasteiger partial charge < -0.3 is 10.2 Å². The first kappa shape index (κ1) is 14.5. The third kappa shape index (κ3) is 3.09. The molecule has 2 amide bonds. The molecule has 0 aromatic carbocycles. The molecule has 1 aliphatic rings. The number of thiophene rings is 1. The molecule has 21 heavy (non-hydrogen) atoms. The predicted molar refractivity (Wildman–Crippen MR) is 84.1 cm³/mol. The van der Waals surface area contributed by atoms with Crippen molar-refractivity contribution in [1.29, 1.82) is 0 Å². The van der Waals surface area contributed by atoms with Gasteiger partial charge >= 0.3 is 0 Å². The monoisotopic (exact) mass is 341 g/mol. The van der Waals surface area contributed by atoms with E-state index >= 15 is 0 Å². The van der Waals surface area contributed by atoms with Gasteiger partial charge in [-0.2, -0.15) is 0 Å². The fourth-order valence-electron chi connectivity index (χ4n) is 2.33. The van der Waals surface area contributed by atoms with Crippen molar-refractivity contribution in [2.24, 2.45) is 0 Å². The summed E-state index contributed by atoms with van der Waals surface area (Å²) in [5, 5.41) is 5.10. The lowest BCUT2D eigenvalue weighted by Gasteiger charge is -2.22. The Morgan fingerprint density at radius 2 is 2.29 bits per heavy atom. The van der Waals surface area contributed by atoms with Crippen LogP contribution < -0.4 is 5.32 Å². The van der Waals surface area contributed by atoms with E-state index in [2.05, 4.69) is 10.3 Å². The number of nitrogens with zero attached hydrogens (tertiary/aromatic N) is 2. The standard InChI is InChI=1S/C13H12ClN3O2S2/c14-10-4-3-9(21-10)12(19)17-6-1-2-8(17)11(18)16-13-15-5-7-20-13/h3-5,7-8H,1-2,6H2,(H,15,16,18). The van der Waals surface area contributed by atoms with Gasteiger partial charge in [-0.25, -0.2) is 4.98 Å². The van der Waals surface area contributed by atoms with Crippen LogP contribution in [0.5, 0.6) is 0 Å². The van der Waals surface area contributed by atoms with Gasteiger partial charge in [-0.3, -0.25) is 9.59 Å². The van der Waals surface area contributed by atoms with Gasteiger partial charge in [-0.1, -0.05) is 11.6 Å². The van der Waals surface area contributed by atoms with Crippen molar-refractivity contribution in [3.63, 3.8) is 0 Å². The van der Waals surface area contributed by atoms with Crippen molar-refractivity contribution in [3.8, 4) is 0 Å². The first-order chi connectivity index (χ1) is 10.1. The topological polar surface area (TPSA) is 62.3 Å². The van der Waals surface area contributed by atoms with Crippen LogP contribution in [0.25, 0.3) is 0 Å². The summed E-state index contributed by atoms with van der Waals surface area (Å²) in [6, 6.07) is 2.95. The Morgan fingerprint density at radius 1 is 1.43 bits per heavy atom. The highest BCUT2D eigenvalue weighted by Gasteiger charge is 2.35. The smallest absolute Gasteiger partial charge is 0.264 e. The Bertz CT molecular complexity index is 656. The minimum Gasteiger partial charge on any atom is -0.326 e. The van der Waals surface area contributed by atoms with E-state index < -0.39 is 6.04 Å². The number of hydrogen-bond acceptors (Lipinski definition) is 5. The molecular formula is C13H12ClN3O2S2. The van der Waals surface area contributed by atoms with Crippen molar-refractivity contribution in [2.45, 2.75) is 18.9 Å². The van der Waals surface area contributed by atoms with Crippen LogP contribution in [0.1, 0.15) is 22.5 Å². The summed E-state index contributed by atoms with van der Waals surface area (Å²) in [7, 11) is 0. The van der Waals surface area contributed by atoms with Crippen molar-refractivity contribution in [2.75, 3.05) is 11.9 Å². The fourth-order valence-corrected chi connectivity index (χ4v) is 3.86. The second-order valence-corrected chi connectivity index (χ2v) is 7.20. The quantitative estimate of drug-likeness (QED) is 0.933. The average Bonchev–Trinajstić information content (AvgIpc) is 3.18. The number of nitrogens with one attached hydrogen (secondary N) is 1. The van der Waals surface area contributed by atoms with Crippen molar-refractivity contribution in [3.05, 3.63) is 32.9 Å². The number of thiazole rings is 1. The molecule has 1 N–H and O–H groups in total. The van der Waals surface area contributed by atoms with E-state index in [0.717, 1.165) is 6.42 Å². The molecule has 2 aromatic heterocycles. The largest absolute Gasteiger partial charge is 0.326 e. The third-order valence-corrected chi connectivity index (χ3v) is 5.17. The molecule has 1 fully saturated rings. The summed E-state index contributed by atoms with van der Waals surface area (Å²) in [6.07, 6.45) is 3.12. The SMILES string of the molecule is O=C(Nc1nccs1)C1CCCN1C(=O)c1ccc(Cl)s1. The van der Waals surface area contributed by atoms with Gasteiger partial charge in [0.25, 0.3) is 5.91 Å². The fraction of sp³-hybridized carbons (Fsp3) is 0.308. The predicted octanol–water partition coefficient (Wildman–Crippen LogP) is 3.10. The molecule has 8 heteroatoms. The summed E-state index contributed by atoms with van der Waals surface area (Å²) < 4.78 is 0.571. The number of rotatable bonds is 3. The van der Waals surface area contributed by atoms with E-state index in [0.29, 0.717) is 27.3 Å². The number of amides is 2. The van der Waals surface area contributed by atoms with Gasteiger partial charge in [0.15, 0.2) is 5.13 Å². The molecule has 1 atom stereocenters. The average molecular weight is 342 g/mol. The summed E-state index contributed by atoms with van der Waals surface area (Å²) in [5.74, 6) is -0.317.